The summed E-state index contributed by atoms with van der Waals surface area (Å²) in [5.41, 5.74) is 6.62. The number of methoxy groups -OCH3 is 1. The first kappa shape index (κ1) is 18.7. The minimum absolute atomic E-state index is 0.195. The van der Waals surface area contributed by atoms with Crippen LogP contribution in [-0.2, 0) is 13.6 Å². The Morgan fingerprint density at radius 3 is 2.10 bits per heavy atom. The van der Waals surface area contributed by atoms with Crippen LogP contribution in [0.25, 0.3) is 22.3 Å². The fourth-order valence-corrected chi connectivity index (χ4v) is 3.45. The molecule has 0 spiro atoms. The summed E-state index contributed by atoms with van der Waals surface area (Å²) in [4.78, 5) is 12.4. The fourth-order valence-electron chi connectivity index (χ4n) is 3.45. The number of ether oxygens (including phenoxy) is 1. The summed E-state index contributed by atoms with van der Waals surface area (Å²) in [6.07, 6.45) is 0. The van der Waals surface area contributed by atoms with Crippen molar-refractivity contribution in [3.8, 4) is 28.3 Å². The van der Waals surface area contributed by atoms with E-state index in [0.29, 0.717) is 12.6 Å². The fraction of sp³-hybridized carbons (Fsp3) is 0.167. The van der Waals surface area contributed by atoms with Crippen molar-refractivity contribution in [1.82, 2.24) is 14.3 Å². The van der Waals surface area contributed by atoms with Gasteiger partial charge in [0, 0.05) is 7.05 Å². The highest BCUT2D eigenvalue weighted by molar-refractivity contribution is 5.71. The maximum Gasteiger partial charge on any atom is 0.348 e. The van der Waals surface area contributed by atoms with E-state index in [1.165, 1.54) is 22.9 Å². The Morgan fingerprint density at radius 2 is 1.45 bits per heavy atom. The molecule has 3 aromatic carbocycles. The van der Waals surface area contributed by atoms with E-state index in [4.69, 9.17) is 4.74 Å². The van der Waals surface area contributed by atoms with Gasteiger partial charge in [-0.2, -0.15) is 0 Å². The van der Waals surface area contributed by atoms with Gasteiger partial charge in [-0.3, -0.25) is 0 Å². The van der Waals surface area contributed by atoms with Crippen LogP contribution in [-0.4, -0.2) is 21.5 Å². The van der Waals surface area contributed by atoms with Gasteiger partial charge in [0.25, 0.3) is 0 Å². The highest BCUT2D eigenvalue weighted by Crippen LogP contribution is 2.27. The van der Waals surface area contributed by atoms with Crippen LogP contribution in [0.2, 0.25) is 0 Å². The second-order valence-corrected chi connectivity index (χ2v) is 7.06. The lowest BCUT2D eigenvalue weighted by Crippen LogP contribution is -2.23. The average molecular weight is 385 g/mol. The first-order valence-electron chi connectivity index (χ1n) is 9.50. The number of aryl methyl sites for hydroxylation is 2. The molecule has 0 amide bonds. The van der Waals surface area contributed by atoms with Gasteiger partial charge in [0.15, 0.2) is 0 Å². The van der Waals surface area contributed by atoms with E-state index in [1.54, 1.807) is 11.6 Å². The third-order valence-corrected chi connectivity index (χ3v) is 5.16. The second kappa shape index (κ2) is 7.80. The molecule has 0 atom stereocenters. The van der Waals surface area contributed by atoms with E-state index >= 15 is 0 Å². The SMILES string of the molecule is COc1nn(C)c(=O)n1Cc1cc(-c2ccc(-c3ccccc3)cc2)ccc1C. The van der Waals surface area contributed by atoms with Crippen molar-refractivity contribution in [1.29, 1.82) is 0 Å². The van der Waals surface area contributed by atoms with Gasteiger partial charge >= 0.3 is 11.7 Å². The Morgan fingerprint density at radius 1 is 0.862 bits per heavy atom. The molecule has 0 saturated heterocycles. The summed E-state index contributed by atoms with van der Waals surface area (Å²) < 4.78 is 8.10. The highest BCUT2D eigenvalue weighted by Gasteiger charge is 2.13. The molecule has 4 rings (SSSR count). The van der Waals surface area contributed by atoms with E-state index < -0.39 is 0 Å². The zero-order chi connectivity index (χ0) is 20.4. The monoisotopic (exact) mass is 385 g/mol. The van der Waals surface area contributed by atoms with Crippen molar-refractivity contribution in [2.24, 2.45) is 7.05 Å². The van der Waals surface area contributed by atoms with Crippen LogP contribution < -0.4 is 10.4 Å². The first-order valence-corrected chi connectivity index (χ1v) is 9.50. The Hall–Kier alpha value is -3.60. The normalized spacial score (nSPS) is 10.9. The van der Waals surface area contributed by atoms with Gasteiger partial charge < -0.3 is 4.74 Å². The number of hydrogen-bond donors (Lipinski definition) is 0. The molecule has 146 valence electrons. The van der Waals surface area contributed by atoms with Crippen molar-refractivity contribution in [3.63, 3.8) is 0 Å². The molecule has 0 aliphatic rings. The number of benzene rings is 3. The summed E-state index contributed by atoms with van der Waals surface area (Å²) in [5.74, 6) is 0. The van der Waals surface area contributed by atoms with E-state index in [2.05, 4.69) is 59.7 Å². The average Bonchev–Trinajstić information content (AvgIpc) is 3.04. The van der Waals surface area contributed by atoms with Crippen molar-refractivity contribution in [3.05, 3.63) is 94.4 Å². The summed E-state index contributed by atoms with van der Waals surface area (Å²) in [7, 11) is 3.15. The highest BCUT2D eigenvalue weighted by atomic mass is 16.5. The van der Waals surface area contributed by atoms with E-state index in [0.717, 1.165) is 22.3 Å². The summed E-state index contributed by atoms with van der Waals surface area (Å²) in [6, 6.07) is 25.5. The standard InChI is InChI=1S/C24H23N3O2/c1-17-9-10-21(15-22(17)16-27-23(29-3)25-26(2)24(27)28)20-13-11-19(12-14-20)18-7-5-4-6-8-18/h4-15H,16H2,1-3H3. The van der Waals surface area contributed by atoms with Gasteiger partial charge in [0.1, 0.15) is 0 Å². The minimum Gasteiger partial charge on any atom is -0.467 e. The minimum atomic E-state index is -0.195. The predicted molar refractivity (Wildman–Crippen MR) is 115 cm³/mol. The molecule has 0 aliphatic carbocycles. The molecule has 0 bridgehead atoms. The van der Waals surface area contributed by atoms with Crippen molar-refractivity contribution < 1.29 is 4.74 Å². The number of aromatic nitrogens is 3. The number of nitrogens with zero attached hydrogens (tertiary/aromatic N) is 3. The van der Waals surface area contributed by atoms with Gasteiger partial charge in [0.05, 0.1) is 13.7 Å². The van der Waals surface area contributed by atoms with Crippen LogP contribution >= 0.6 is 0 Å². The van der Waals surface area contributed by atoms with E-state index in [-0.39, 0.29) is 5.69 Å². The van der Waals surface area contributed by atoms with Gasteiger partial charge in [-0.25, -0.2) is 14.0 Å². The Kier molecular flexibility index (Phi) is 5.04. The predicted octanol–water partition coefficient (Wildman–Crippen LogP) is 4.28. The molecule has 0 unspecified atom stereocenters. The quantitative estimate of drug-likeness (QED) is 0.515. The van der Waals surface area contributed by atoms with Gasteiger partial charge in [-0.15, -0.1) is 5.10 Å². The van der Waals surface area contributed by atoms with Crippen LogP contribution in [0.15, 0.2) is 77.6 Å². The van der Waals surface area contributed by atoms with Gasteiger partial charge in [-0.1, -0.05) is 66.7 Å². The molecule has 0 N–H and O–H groups in total. The molecule has 0 aliphatic heterocycles. The lowest BCUT2D eigenvalue weighted by atomic mass is 9.97. The van der Waals surface area contributed by atoms with E-state index in [1.807, 2.05) is 25.1 Å². The van der Waals surface area contributed by atoms with Gasteiger partial charge in [-0.05, 0) is 46.4 Å². The van der Waals surface area contributed by atoms with Crippen molar-refractivity contribution in [2.75, 3.05) is 7.11 Å². The second-order valence-electron chi connectivity index (χ2n) is 7.06. The lowest BCUT2D eigenvalue weighted by molar-refractivity contribution is 0.357. The Labute approximate surface area is 169 Å². The molecule has 5 heteroatoms. The maximum absolute atomic E-state index is 12.4. The van der Waals surface area contributed by atoms with E-state index in [9.17, 15) is 4.79 Å². The number of rotatable bonds is 5. The van der Waals surface area contributed by atoms with Crippen molar-refractivity contribution >= 4 is 0 Å². The molecule has 0 fully saturated rings. The largest absolute Gasteiger partial charge is 0.467 e. The molecular weight excluding hydrogens is 362 g/mol. The topological polar surface area (TPSA) is 49.1 Å². The molecule has 4 aromatic rings. The zero-order valence-corrected chi connectivity index (χ0v) is 16.8. The maximum atomic E-state index is 12.4. The summed E-state index contributed by atoms with van der Waals surface area (Å²) in [6.45, 7) is 2.46. The summed E-state index contributed by atoms with van der Waals surface area (Å²) >= 11 is 0. The van der Waals surface area contributed by atoms with Crippen molar-refractivity contribution in [2.45, 2.75) is 13.5 Å². The lowest BCUT2D eigenvalue weighted by Gasteiger charge is -2.11. The van der Waals surface area contributed by atoms with Crippen LogP contribution in [0.4, 0.5) is 0 Å². The molecule has 1 aromatic heterocycles. The molecule has 0 saturated carbocycles. The summed E-state index contributed by atoms with van der Waals surface area (Å²) in [5, 5.41) is 4.12. The smallest absolute Gasteiger partial charge is 0.348 e. The molecule has 5 nitrogen and oxygen atoms in total. The van der Waals surface area contributed by atoms with Crippen LogP contribution in [0.1, 0.15) is 11.1 Å². The third-order valence-electron chi connectivity index (χ3n) is 5.16. The van der Waals surface area contributed by atoms with Gasteiger partial charge in [0.2, 0.25) is 0 Å². The molecule has 29 heavy (non-hydrogen) atoms. The molecular formula is C24H23N3O2. The first-order chi connectivity index (χ1) is 14.1. The number of hydrogen-bond acceptors (Lipinski definition) is 3. The Balaban J connectivity index is 1.66. The Bertz CT molecular complexity index is 1190. The molecule has 1 heterocycles. The zero-order valence-electron chi connectivity index (χ0n) is 16.8. The third kappa shape index (κ3) is 3.72. The van der Waals surface area contributed by atoms with Crippen LogP contribution in [0.3, 0.4) is 0 Å². The molecule has 0 radical (unpaired) electrons. The van der Waals surface area contributed by atoms with Crippen LogP contribution in [0, 0.1) is 6.92 Å². The van der Waals surface area contributed by atoms with Crippen LogP contribution in [0.5, 0.6) is 6.01 Å².